The monoisotopic (exact) mass is 627 g/mol. The summed E-state index contributed by atoms with van der Waals surface area (Å²) in [6.45, 7) is 44.5. The van der Waals surface area contributed by atoms with Gasteiger partial charge in [-0.05, 0) is 64.5 Å². The van der Waals surface area contributed by atoms with Crippen molar-refractivity contribution >= 4 is 16.1 Å². The Morgan fingerprint density at radius 2 is 0.902 bits per heavy atom. The van der Waals surface area contributed by atoms with Crippen molar-refractivity contribution < 1.29 is 17.7 Å². The van der Waals surface area contributed by atoms with Gasteiger partial charge in [-0.15, -0.1) is 11.1 Å². The van der Waals surface area contributed by atoms with Crippen LogP contribution in [-0.4, -0.2) is 41.3 Å². The third-order valence-electron chi connectivity index (χ3n) is 9.34. The summed E-state index contributed by atoms with van der Waals surface area (Å²) in [5.41, 5.74) is 12.1. The van der Waals surface area contributed by atoms with E-state index >= 15 is 0 Å². The zero-order chi connectivity index (χ0) is 31.8. The number of hydrogen-bond acceptors (Lipinski definition) is 1. The van der Waals surface area contributed by atoms with Gasteiger partial charge in [0.05, 0.1) is 12.6 Å². The van der Waals surface area contributed by atoms with E-state index in [-0.39, 0.29) is 12.4 Å². The number of nitrogens with two attached hydrogens (primary N) is 1. The Bertz CT molecular complexity index is 669. The van der Waals surface area contributed by atoms with Gasteiger partial charge in [0.15, 0.2) is 0 Å². The van der Waals surface area contributed by atoms with Crippen molar-refractivity contribution in [1.29, 1.82) is 0 Å². The van der Waals surface area contributed by atoms with Crippen LogP contribution in [0.3, 0.4) is 0 Å². The van der Waals surface area contributed by atoms with Gasteiger partial charge in [0.2, 0.25) is 0 Å². The van der Waals surface area contributed by atoms with Crippen LogP contribution < -0.4 is 23.0 Å². The predicted octanol–water partition coefficient (Wildman–Crippen LogP) is 6.44. The smallest absolute Gasteiger partial charge is 0.149 e. The molecule has 0 aliphatic carbocycles. The first-order chi connectivity index (χ1) is 18.4. The number of hydrogen-bond donors (Lipinski definition) is 2. The topological polar surface area (TPSA) is 28.6 Å². The minimum Gasteiger partial charge on any atom is -1.00 e. The van der Waals surface area contributed by atoms with E-state index in [9.17, 15) is 0 Å². The van der Waals surface area contributed by atoms with Gasteiger partial charge in [-0.3, -0.25) is 0 Å². The Morgan fingerprint density at radius 3 is 1.17 bits per heavy atom. The van der Waals surface area contributed by atoms with Crippen LogP contribution in [0.5, 0.6) is 0 Å². The van der Waals surface area contributed by atoms with E-state index in [1.165, 1.54) is 19.4 Å². The minimum atomic E-state index is -1.58. The van der Waals surface area contributed by atoms with E-state index < -0.39 is 16.1 Å². The minimum absolute atomic E-state index is 0. The van der Waals surface area contributed by atoms with E-state index in [2.05, 4.69) is 158 Å². The molecule has 2 atom stereocenters. The Kier molecular flexibility index (Phi) is 24.6. The summed E-state index contributed by atoms with van der Waals surface area (Å²) < 4.78 is 0. The van der Waals surface area contributed by atoms with Crippen LogP contribution in [0.2, 0.25) is 33.2 Å². The molecule has 0 rings (SSSR count). The van der Waals surface area contributed by atoms with Gasteiger partial charge in [0.25, 0.3) is 0 Å². The molecule has 244 valence electrons. The molecule has 0 aromatic rings. The molecule has 0 bridgehead atoms. The summed E-state index contributed by atoms with van der Waals surface area (Å²) in [7, 11) is -3.13. The van der Waals surface area contributed by atoms with Gasteiger partial charge in [0, 0.05) is 5.92 Å². The lowest BCUT2D eigenvalue weighted by atomic mass is 10.1. The summed E-state index contributed by atoms with van der Waals surface area (Å²) in [5, 5.41) is 6.05. The van der Waals surface area contributed by atoms with Gasteiger partial charge in [0.1, 0.15) is 22.2 Å². The first-order valence-corrected chi connectivity index (χ1v) is 21.5. The molecule has 41 heavy (non-hydrogen) atoms. The van der Waals surface area contributed by atoms with E-state index in [1.807, 2.05) is 0 Å². The lowest BCUT2D eigenvalue weighted by Gasteiger charge is -2.38. The molecule has 0 saturated carbocycles. The molecule has 0 aromatic heterocycles. The maximum Gasteiger partial charge on any atom is 0.149 e. The Morgan fingerprint density at radius 1 is 0.537 bits per heavy atom. The van der Waals surface area contributed by atoms with Gasteiger partial charge in [-0.2, -0.15) is 0 Å². The molecule has 3 N–H and O–H groups in total. The standard InChI is InChI=1S/2C18H37NSi.ClH/c2*1-10-12-19-18(14(2)3)11-13-20(15(4)5,16(6)7)17(8)9;/h2*14-19H,10,12H2,1-9H3;1H/t2*18-;/m11./s1. The van der Waals surface area contributed by atoms with Gasteiger partial charge in [-0.25, -0.2) is 0 Å². The fourth-order valence-corrected chi connectivity index (χ4v) is 17.4. The Labute approximate surface area is 269 Å². The first-order valence-electron chi connectivity index (χ1n) is 17.0. The molecule has 0 aliphatic rings. The largest absolute Gasteiger partial charge is 1.00 e. The molecule has 5 heteroatoms. The molecule has 0 aliphatic heterocycles. The predicted molar refractivity (Wildman–Crippen MR) is 190 cm³/mol. The third kappa shape index (κ3) is 13.9. The van der Waals surface area contributed by atoms with Crippen molar-refractivity contribution in [2.24, 2.45) is 11.8 Å². The van der Waals surface area contributed by atoms with Crippen molar-refractivity contribution in [3.8, 4) is 22.9 Å². The van der Waals surface area contributed by atoms with Crippen LogP contribution in [0.25, 0.3) is 0 Å². The van der Waals surface area contributed by atoms with Gasteiger partial charge >= 0.3 is 0 Å². The quantitative estimate of drug-likeness (QED) is 0.169. The second-order valence-corrected chi connectivity index (χ2v) is 26.0. The SMILES string of the molecule is CCCN[C@H](C#C[Si](C(C)C)(C(C)C)C(C)C)C(C)C.CCC[NH2+][C@H](C#C[Si](C(C)C)(C(C)C)C(C)C)C(C)C.[Cl-]. The van der Waals surface area contributed by atoms with Crippen molar-refractivity contribution in [3.05, 3.63) is 0 Å². The highest BCUT2D eigenvalue weighted by atomic mass is 35.5. The number of nitrogens with one attached hydrogen (secondary N) is 1. The maximum atomic E-state index is 3.88. The average molecular weight is 628 g/mol. The normalized spacial score (nSPS) is 13.7. The van der Waals surface area contributed by atoms with E-state index in [4.69, 9.17) is 0 Å². The maximum absolute atomic E-state index is 3.88. The van der Waals surface area contributed by atoms with Crippen LogP contribution in [0.1, 0.15) is 137 Å². The van der Waals surface area contributed by atoms with Crippen molar-refractivity contribution in [3.63, 3.8) is 0 Å². The van der Waals surface area contributed by atoms with Gasteiger partial charge < -0.3 is 23.0 Å². The molecule has 0 amide bonds. The highest BCUT2D eigenvalue weighted by Gasteiger charge is 2.42. The third-order valence-corrected chi connectivity index (χ3v) is 22.0. The molecule has 0 saturated heterocycles. The van der Waals surface area contributed by atoms with Crippen molar-refractivity contribution in [1.82, 2.24) is 5.32 Å². The number of rotatable bonds is 14. The first kappa shape index (κ1) is 45.2. The Hall–Kier alpha value is -0.236. The lowest BCUT2D eigenvalue weighted by Crippen LogP contribution is -3.00. The molecule has 0 radical (unpaired) electrons. The fraction of sp³-hybridized carbons (Fsp3) is 0.889. The van der Waals surface area contributed by atoms with E-state index in [0.29, 0.717) is 40.5 Å². The van der Waals surface area contributed by atoms with Crippen LogP contribution in [0, 0.1) is 34.8 Å². The Balaban J connectivity index is -0.000000688. The van der Waals surface area contributed by atoms with Crippen LogP contribution in [0.4, 0.5) is 0 Å². The second-order valence-electron chi connectivity index (χ2n) is 14.8. The number of quaternary nitrogens is 1. The molecule has 0 heterocycles. The molecule has 2 nitrogen and oxygen atoms in total. The molecule has 0 aromatic carbocycles. The molecule has 0 fully saturated rings. The lowest BCUT2D eigenvalue weighted by molar-refractivity contribution is -0.682. The van der Waals surface area contributed by atoms with Crippen LogP contribution in [-0.2, 0) is 0 Å². The number of halogens is 1. The highest BCUT2D eigenvalue weighted by Crippen LogP contribution is 2.41. The zero-order valence-electron chi connectivity index (χ0n) is 31.1. The second kappa shape index (κ2) is 22.3. The van der Waals surface area contributed by atoms with E-state index in [1.54, 1.807) is 0 Å². The van der Waals surface area contributed by atoms with Crippen LogP contribution >= 0.6 is 0 Å². The molecular weight excluding hydrogens is 552 g/mol. The zero-order valence-corrected chi connectivity index (χ0v) is 33.8. The molecular formula is C36H75ClN2Si2. The molecule has 0 unspecified atom stereocenters. The average Bonchev–Trinajstić information content (AvgIpc) is 2.82. The van der Waals surface area contributed by atoms with Crippen LogP contribution in [0.15, 0.2) is 0 Å². The van der Waals surface area contributed by atoms with E-state index in [0.717, 1.165) is 23.2 Å². The van der Waals surface area contributed by atoms with Crippen molar-refractivity contribution in [2.75, 3.05) is 13.1 Å². The summed E-state index contributed by atoms with van der Waals surface area (Å²) in [6, 6.07) is 0.816. The summed E-state index contributed by atoms with van der Waals surface area (Å²) in [6.07, 6.45) is 2.40. The summed E-state index contributed by atoms with van der Waals surface area (Å²) in [4.78, 5) is 0. The molecule has 0 spiro atoms. The van der Waals surface area contributed by atoms with Crippen molar-refractivity contribution in [2.45, 2.75) is 183 Å². The summed E-state index contributed by atoms with van der Waals surface area (Å²) in [5.74, 6) is 8.54. The fourth-order valence-electron chi connectivity index (χ4n) is 6.87. The highest BCUT2D eigenvalue weighted by molar-refractivity contribution is 6.91. The van der Waals surface area contributed by atoms with Gasteiger partial charge in [-0.1, -0.05) is 131 Å². The summed E-state index contributed by atoms with van der Waals surface area (Å²) >= 11 is 0.